The number of hydrogen-bond acceptors (Lipinski definition) is 3. The van der Waals surface area contributed by atoms with Crippen molar-refractivity contribution in [1.82, 2.24) is 4.72 Å². The summed E-state index contributed by atoms with van der Waals surface area (Å²) in [5.74, 6) is 0.341. The van der Waals surface area contributed by atoms with Crippen LogP contribution in [-0.2, 0) is 15.7 Å². The Morgan fingerprint density at radius 2 is 1.88 bits per heavy atom. The second-order valence-corrected chi connectivity index (χ2v) is 7.87. The van der Waals surface area contributed by atoms with E-state index < -0.39 is 11.0 Å². The van der Waals surface area contributed by atoms with Crippen LogP contribution in [-0.4, -0.2) is 33.8 Å². The molecule has 0 bridgehead atoms. The molecule has 96 valence electrons. The van der Waals surface area contributed by atoms with Crippen LogP contribution in [0.4, 0.5) is 0 Å². The number of rotatable bonds is 4. The fourth-order valence-electron chi connectivity index (χ4n) is 1.62. The molecule has 1 aliphatic heterocycles. The Morgan fingerprint density at radius 3 is 2.12 bits per heavy atom. The minimum absolute atomic E-state index is 0.0347. The molecule has 0 radical (unpaired) electrons. The van der Waals surface area contributed by atoms with Gasteiger partial charge in [0.1, 0.15) is 0 Å². The van der Waals surface area contributed by atoms with Gasteiger partial charge < -0.3 is 10.5 Å². The fourth-order valence-corrected chi connectivity index (χ4v) is 2.55. The van der Waals surface area contributed by atoms with Crippen LogP contribution >= 0.6 is 0 Å². The highest BCUT2D eigenvalue weighted by atomic mass is 32.2. The fraction of sp³-hybridized carbons (Fsp3) is 1.00. The first kappa shape index (κ1) is 14.1. The Morgan fingerprint density at radius 1 is 1.38 bits per heavy atom. The van der Waals surface area contributed by atoms with Gasteiger partial charge in [-0.2, -0.15) is 0 Å². The van der Waals surface area contributed by atoms with Crippen molar-refractivity contribution in [3.63, 3.8) is 0 Å². The molecule has 0 aliphatic carbocycles. The minimum Gasteiger partial charge on any atom is -0.377 e. The monoisotopic (exact) mass is 248 g/mol. The molecule has 0 spiro atoms. The molecule has 1 aliphatic rings. The van der Waals surface area contributed by atoms with Crippen molar-refractivity contribution in [2.75, 3.05) is 13.2 Å². The highest BCUT2D eigenvalue weighted by Crippen LogP contribution is 2.26. The van der Waals surface area contributed by atoms with Crippen LogP contribution < -0.4 is 10.5 Å². The normalized spacial score (nSPS) is 23.9. The van der Waals surface area contributed by atoms with E-state index in [2.05, 4.69) is 18.6 Å². The summed E-state index contributed by atoms with van der Waals surface area (Å²) in [6, 6.07) is -0.0347. The highest BCUT2D eigenvalue weighted by molar-refractivity contribution is 7.84. The SMILES string of the molecule is CC(C)C(N)C1(NS(=O)C(C)(C)C)COC1. The summed E-state index contributed by atoms with van der Waals surface area (Å²) >= 11 is 0. The molecule has 0 aromatic carbocycles. The zero-order valence-electron chi connectivity index (χ0n) is 10.9. The summed E-state index contributed by atoms with van der Waals surface area (Å²) in [5, 5.41) is 0. The molecule has 4 nitrogen and oxygen atoms in total. The molecule has 1 saturated heterocycles. The Hall–Kier alpha value is 0.0300. The predicted octanol–water partition coefficient (Wildman–Crippen LogP) is 0.791. The lowest BCUT2D eigenvalue weighted by molar-refractivity contribution is -0.0809. The molecule has 3 N–H and O–H groups in total. The van der Waals surface area contributed by atoms with Gasteiger partial charge in [0, 0.05) is 6.04 Å². The van der Waals surface area contributed by atoms with E-state index in [0.29, 0.717) is 19.1 Å². The molecule has 2 unspecified atom stereocenters. The van der Waals surface area contributed by atoms with Crippen molar-refractivity contribution < 1.29 is 8.95 Å². The van der Waals surface area contributed by atoms with E-state index in [-0.39, 0.29) is 16.3 Å². The molecule has 5 heteroatoms. The van der Waals surface area contributed by atoms with Crippen LogP contribution in [0.3, 0.4) is 0 Å². The van der Waals surface area contributed by atoms with Crippen LogP contribution in [0.1, 0.15) is 34.6 Å². The third-order valence-corrected chi connectivity index (χ3v) is 4.63. The summed E-state index contributed by atoms with van der Waals surface area (Å²) in [7, 11) is -1.10. The lowest BCUT2D eigenvalue weighted by atomic mass is 9.83. The molecule has 0 aromatic rings. The molecule has 2 atom stereocenters. The van der Waals surface area contributed by atoms with E-state index in [9.17, 15) is 4.21 Å². The van der Waals surface area contributed by atoms with Gasteiger partial charge in [-0.25, -0.2) is 8.93 Å². The topological polar surface area (TPSA) is 64.3 Å². The molecule has 0 aromatic heterocycles. The first-order chi connectivity index (χ1) is 7.19. The Kier molecular flexibility index (Phi) is 4.16. The maximum Gasteiger partial charge on any atom is 0.0977 e. The number of ether oxygens (including phenoxy) is 1. The minimum atomic E-state index is -1.10. The lowest BCUT2D eigenvalue weighted by Crippen LogP contribution is -2.72. The summed E-state index contributed by atoms with van der Waals surface area (Å²) in [6.07, 6.45) is 0. The molecule has 1 rings (SSSR count). The van der Waals surface area contributed by atoms with Gasteiger partial charge in [-0.3, -0.25) is 0 Å². The second-order valence-electron chi connectivity index (χ2n) is 5.90. The Labute approximate surface area is 101 Å². The van der Waals surface area contributed by atoms with Gasteiger partial charge in [-0.15, -0.1) is 0 Å². The Balaban J connectivity index is 2.72. The molecular formula is C11H24N2O2S. The van der Waals surface area contributed by atoms with Crippen LogP contribution in [0, 0.1) is 5.92 Å². The smallest absolute Gasteiger partial charge is 0.0977 e. The van der Waals surface area contributed by atoms with Crippen LogP contribution in [0.25, 0.3) is 0 Å². The number of hydrogen-bond donors (Lipinski definition) is 2. The van der Waals surface area contributed by atoms with Gasteiger partial charge >= 0.3 is 0 Å². The van der Waals surface area contributed by atoms with Crippen molar-refractivity contribution >= 4 is 11.0 Å². The summed E-state index contributed by atoms with van der Waals surface area (Å²) < 4.78 is 20.2. The van der Waals surface area contributed by atoms with E-state index in [4.69, 9.17) is 10.5 Å². The van der Waals surface area contributed by atoms with Gasteiger partial charge in [0.05, 0.1) is 34.5 Å². The average molecular weight is 248 g/mol. The molecule has 16 heavy (non-hydrogen) atoms. The first-order valence-corrected chi connectivity index (χ1v) is 6.87. The molecule has 1 heterocycles. The van der Waals surface area contributed by atoms with E-state index in [0.717, 1.165) is 0 Å². The van der Waals surface area contributed by atoms with Gasteiger partial charge in [0.2, 0.25) is 0 Å². The van der Waals surface area contributed by atoms with Crippen molar-refractivity contribution in [3.8, 4) is 0 Å². The molecule has 1 fully saturated rings. The standard InChI is InChI=1S/C11H24N2O2S/c1-8(2)9(12)11(6-15-7-11)13-16(14)10(3,4)5/h8-9,13H,6-7,12H2,1-5H3. The van der Waals surface area contributed by atoms with Gasteiger partial charge in [-0.1, -0.05) is 13.8 Å². The first-order valence-electron chi connectivity index (χ1n) is 5.72. The third-order valence-electron chi connectivity index (χ3n) is 2.93. The summed E-state index contributed by atoms with van der Waals surface area (Å²) in [4.78, 5) is 0. The predicted molar refractivity (Wildman–Crippen MR) is 67.4 cm³/mol. The van der Waals surface area contributed by atoms with Crippen LogP contribution in [0.2, 0.25) is 0 Å². The highest BCUT2D eigenvalue weighted by Gasteiger charge is 2.47. The largest absolute Gasteiger partial charge is 0.377 e. The molecule has 0 amide bonds. The summed E-state index contributed by atoms with van der Waals surface area (Å²) in [6.45, 7) is 11.1. The van der Waals surface area contributed by atoms with Crippen molar-refractivity contribution in [2.45, 2.75) is 50.9 Å². The second kappa shape index (κ2) is 4.72. The van der Waals surface area contributed by atoms with Gasteiger partial charge in [0.15, 0.2) is 0 Å². The zero-order valence-corrected chi connectivity index (χ0v) is 11.7. The number of nitrogens with two attached hydrogens (primary N) is 1. The molecule has 0 saturated carbocycles. The van der Waals surface area contributed by atoms with Crippen LogP contribution in [0.15, 0.2) is 0 Å². The van der Waals surface area contributed by atoms with Crippen molar-refractivity contribution in [3.05, 3.63) is 0 Å². The lowest BCUT2D eigenvalue weighted by Gasteiger charge is -2.48. The maximum atomic E-state index is 12.1. The molecular weight excluding hydrogens is 224 g/mol. The van der Waals surface area contributed by atoms with E-state index in [1.807, 2.05) is 20.8 Å². The summed E-state index contributed by atoms with van der Waals surface area (Å²) in [5.41, 5.74) is 5.86. The number of nitrogens with one attached hydrogen (secondary N) is 1. The van der Waals surface area contributed by atoms with E-state index in [1.165, 1.54) is 0 Å². The van der Waals surface area contributed by atoms with Crippen molar-refractivity contribution in [1.29, 1.82) is 0 Å². The Bertz CT molecular complexity index is 270. The quantitative estimate of drug-likeness (QED) is 0.773. The third kappa shape index (κ3) is 2.83. The average Bonchev–Trinajstić information content (AvgIpc) is 2.07. The van der Waals surface area contributed by atoms with Gasteiger partial charge in [-0.05, 0) is 26.7 Å². The van der Waals surface area contributed by atoms with E-state index in [1.54, 1.807) is 0 Å². The van der Waals surface area contributed by atoms with Crippen molar-refractivity contribution in [2.24, 2.45) is 11.7 Å². The van der Waals surface area contributed by atoms with Crippen LogP contribution in [0.5, 0.6) is 0 Å². The zero-order chi connectivity index (χ0) is 12.6. The van der Waals surface area contributed by atoms with E-state index >= 15 is 0 Å². The van der Waals surface area contributed by atoms with Gasteiger partial charge in [0.25, 0.3) is 0 Å². The maximum absolute atomic E-state index is 12.1.